The Kier molecular flexibility index (Phi) is 5.84. The highest BCUT2D eigenvalue weighted by Gasteiger charge is 2.27. The molecule has 0 saturated carbocycles. The first-order valence-corrected chi connectivity index (χ1v) is 10.5. The molecule has 6 nitrogen and oxygen atoms in total. The highest BCUT2D eigenvalue weighted by Crippen LogP contribution is 2.27. The van der Waals surface area contributed by atoms with Gasteiger partial charge in [0.15, 0.2) is 6.54 Å². The molecule has 4 rings (SSSR count). The molecule has 1 saturated heterocycles. The molecule has 2 N–H and O–H groups in total. The molecule has 0 unspecified atom stereocenters. The molecule has 0 radical (unpaired) electrons. The number of amides is 1. The van der Waals surface area contributed by atoms with Crippen LogP contribution in [0.5, 0.6) is 0 Å². The average Bonchev–Trinajstić information content (AvgIpc) is 3.05. The van der Waals surface area contributed by atoms with Crippen molar-refractivity contribution in [3.63, 3.8) is 0 Å². The third-order valence-corrected chi connectivity index (χ3v) is 6.23. The van der Waals surface area contributed by atoms with Crippen molar-refractivity contribution in [1.29, 1.82) is 5.26 Å². The van der Waals surface area contributed by atoms with E-state index in [2.05, 4.69) is 13.1 Å². The fourth-order valence-electron chi connectivity index (χ4n) is 4.35. The van der Waals surface area contributed by atoms with E-state index in [1.807, 2.05) is 71.1 Å². The Labute approximate surface area is 177 Å². The number of carbonyl (C=O) groups is 1. The summed E-state index contributed by atoms with van der Waals surface area (Å²) in [5.74, 6) is 0.102. The van der Waals surface area contributed by atoms with E-state index >= 15 is 0 Å². The van der Waals surface area contributed by atoms with Gasteiger partial charge in [-0.2, -0.15) is 5.26 Å². The van der Waals surface area contributed by atoms with Crippen LogP contribution in [-0.4, -0.2) is 50.2 Å². The number of carbonyl (C=O) groups excluding carboxylic acids is 1. The third kappa shape index (κ3) is 3.95. The lowest BCUT2D eigenvalue weighted by Gasteiger charge is -2.29. The molecule has 0 spiro atoms. The smallest absolute Gasteiger partial charge is 0.282 e. The molecule has 1 aliphatic heterocycles. The summed E-state index contributed by atoms with van der Waals surface area (Å²) in [7, 11) is 4.18. The monoisotopic (exact) mass is 403 g/mol. The zero-order valence-electron chi connectivity index (χ0n) is 17.7. The van der Waals surface area contributed by atoms with E-state index in [1.165, 1.54) is 9.80 Å². The largest absolute Gasteiger partial charge is 0.345 e. The topological polar surface area (TPSA) is 57.9 Å². The first kappa shape index (κ1) is 20.1. The number of hydrogen-bond acceptors (Lipinski definition) is 2. The molecule has 0 aliphatic carbocycles. The van der Waals surface area contributed by atoms with Crippen LogP contribution in [0, 0.1) is 11.3 Å². The van der Waals surface area contributed by atoms with Crippen LogP contribution in [0.2, 0.25) is 0 Å². The van der Waals surface area contributed by atoms with E-state index in [1.54, 1.807) is 0 Å². The molecule has 1 aliphatic rings. The second-order valence-corrected chi connectivity index (χ2v) is 8.21. The van der Waals surface area contributed by atoms with Crippen LogP contribution in [0.25, 0.3) is 10.9 Å². The Bertz CT molecular complexity index is 1070. The number of nitrogens with zero attached hydrogens (tertiary/aromatic N) is 3. The Morgan fingerprint density at radius 3 is 2.43 bits per heavy atom. The van der Waals surface area contributed by atoms with E-state index in [-0.39, 0.29) is 5.91 Å². The van der Waals surface area contributed by atoms with E-state index < -0.39 is 0 Å². The summed E-state index contributed by atoms with van der Waals surface area (Å²) in [6.45, 7) is 5.07. The second-order valence-electron chi connectivity index (χ2n) is 8.21. The lowest BCUT2D eigenvalue weighted by Crippen LogP contribution is -3.27. The van der Waals surface area contributed by atoms with Gasteiger partial charge in [-0.25, -0.2) is 0 Å². The van der Waals surface area contributed by atoms with E-state index in [0.717, 1.165) is 48.5 Å². The number of aromatic nitrogens is 1. The highest BCUT2D eigenvalue weighted by molar-refractivity contribution is 5.95. The summed E-state index contributed by atoms with van der Waals surface area (Å²) in [4.78, 5) is 18.1. The maximum absolute atomic E-state index is 13.4. The van der Waals surface area contributed by atoms with Gasteiger partial charge in [0.05, 0.1) is 24.8 Å². The van der Waals surface area contributed by atoms with Crippen molar-refractivity contribution in [3.05, 3.63) is 65.9 Å². The normalized spacial score (nSPS) is 18.8. The second kappa shape index (κ2) is 8.70. The molecule has 2 heterocycles. The standard InChI is InChI=1S/C24H27N5O/c1-26-12-14-28(15-13-26)18-24(30)29(19-8-4-3-5-9-19)17-23-21(16-25)20-10-6-7-11-22(20)27(23)2/h3-11H,12-15,17-18H2,1-2H3/p+2. The van der Waals surface area contributed by atoms with Gasteiger partial charge in [-0.1, -0.05) is 36.4 Å². The van der Waals surface area contributed by atoms with Gasteiger partial charge in [-0.05, 0) is 18.2 Å². The molecule has 6 heteroatoms. The SMILES string of the molecule is Cn1c(CN(C(=O)C[NH+]2CC[NH+](C)CC2)c2ccccc2)c(C#N)c2ccccc21. The summed E-state index contributed by atoms with van der Waals surface area (Å²) in [5, 5.41) is 10.8. The maximum atomic E-state index is 13.4. The van der Waals surface area contributed by atoms with Gasteiger partial charge in [0.25, 0.3) is 5.91 Å². The molecule has 3 aromatic rings. The van der Waals surface area contributed by atoms with Crippen molar-refractivity contribution >= 4 is 22.5 Å². The summed E-state index contributed by atoms with van der Waals surface area (Å²) >= 11 is 0. The molecular weight excluding hydrogens is 374 g/mol. The Morgan fingerprint density at radius 1 is 1.07 bits per heavy atom. The van der Waals surface area contributed by atoms with Crippen LogP contribution in [0.3, 0.4) is 0 Å². The van der Waals surface area contributed by atoms with Crippen molar-refractivity contribution in [1.82, 2.24) is 4.57 Å². The molecular formula is C24H29N5O+2. The molecule has 0 atom stereocenters. The lowest BCUT2D eigenvalue weighted by atomic mass is 10.1. The minimum Gasteiger partial charge on any atom is -0.345 e. The Hall–Kier alpha value is -3.14. The first-order chi connectivity index (χ1) is 14.6. The molecule has 154 valence electrons. The van der Waals surface area contributed by atoms with Gasteiger partial charge in [-0.3, -0.25) is 4.79 Å². The number of fused-ring (bicyclic) bond motifs is 1. The summed E-state index contributed by atoms with van der Waals surface area (Å²) in [5.41, 5.74) is 3.40. The van der Waals surface area contributed by atoms with Crippen LogP contribution in [0.1, 0.15) is 11.3 Å². The predicted molar refractivity (Wildman–Crippen MR) is 117 cm³/mol. The Morgan fingerprint density at radius 2 is 1.73 bits per heavy atom. The number of nitrogens with one attached hydrogen (secondary N) is 2. The highest BCUT2D eigenvalue weighted by atomic mass is 16.2. The van der Waals surface area contributed by atoms with Gasteiger partial charge in [0.1, 0.15) is 32.2 Å². The number of nitriles is 1. The van der Waals surface area contributed by atoms with Gasteiger partial charge >= 0.3 is 0 Å². The number of benzene rings is 2. The van der Waals surface area contributed by atoms with E-state index in [9.17, 15) is 10.1 Å². The minimum absolute atomic E-state index is 0.102. The number of hydrogen-bond donors (Lipinski definition) is 2. The first-order valence-electron chi connectivity index (χ1n) is 10.5. The number of anilines is 1. The number of aryl methyl sites for hydroxylation is 1. The zero-order chi connectivity index (χ0) is 21.1. The summed E-state index contributed by atoms with van der Waals surface area (Å²) in [6, 6.07) is 20.1. The Balaban J connectivity index is 1.66. The van der Waals surface area contributed by atoms with Crippen LogP contribution in [-0.2, 0) is 18.4 Å². The summed E-state index contributed by atoms with van der Waals surface area (Å²) in [6.07, 6.45) is 0. The van der Waals surface area contributed by atoms with Gasteiger partial charge in [0, 0.05) is 23.6 Å². The van der Waals surface area contributed by atoms with E-state index in [4.69, 9.17) is 0 Å². The van der Waals surface area contributed by atoms with Crippen LogP contribution in [0.4, 0.5) is 5.69 Å². The number of piperazine rings is 1. The van der Waals surface area contributed by atoms with Crippen molar-refractivity contribution in [2.45, 2.75) is 6.54 Å². The third-order valence-electron chi connectivity index (χ3n) is 6.23. The predicted octanol–water partition coefficient (Wildman–Crippen LogP) is -0.00362. The molecule has 2 aromatic carbocycles. The zero-order valence-corrected chi connectivity index (χ0v) is 17.7. The van der Waals surface area contributed by atoms with Crippen molar-refractivity contribution in [3.8, 4) is 6.07 Å². The molecule has 1 amide bonds. The summed E-state index contributed by atoms with van der Waals surface area (Å²) < 4.78 is 2.04. The van der Waals surface area contributed by atoms with E-state index in [0.29, 0.717) is 18.7 Å². The van der Waals surface area contributed by atoms with Crippen LogP contribution in [0.15, 0.2) is 54.6 Å². The van der Waals surface area contributed by atoms with Crippen LogP contribution < -0.4 is 14.7 Å². The van der Waals surface area contributed by atoms with Crippen molar-refractivity contribution in [2.24, 2.45) is 7.05 Å². The average molecular weight is 404 g/mol. The lowest BCUT2D eigenvalue weighted by molar-refractivity contribution is -1.000. The molecule has 0 bridgehead atoms. The fraction of sp³-hybridized carbons (Fsp3) is 0.333. The number of quaternary nitrogens is 2. The van der Waals surface area contributed by atoms with Crippen LogP contribution >= 0.6 is 0 Å². The quantitative estimate of drug-likeness (QED) is 0.630. The fourth-order valence-corrected chi connectivity index (χ4v) is 4.35. The number of para-hydroxylation sites is 2. The number of rotatable bonds is 5. The van der Waals surface area contributed by atoms with Gasteiger partial charge < -0.3 is 19.3 Å². The minimum atomic E-state index is 0.102. The number of likely N-dealkylation sites (N-methyl/N-ethyl adjacent to an activating group) is 1. The molecule has 1 aromatic heterocycles. The maximum Gasteiger partial charge on any atom is 0.282 e. The van der Waals surface area contributed by atoms with Crippen molar-refractivity contribution in [2.75, 3.05) is 44.7 Å². The molecule has 1 fully saturated rings. The molecule has 30 heavy (non-hydrogen) atoms. The van der Waals surface area contributed by atoms with Gasteiger partial charge in [-0.15, -0.1) is 0 Å². The van der Waals surface area contributed by atoms with Crippen molar-refractivity contribution < 1.29 is 14.6 Å². The van der Waals surface area contributed by atoms with Gasteiger partial charge in [0.2, 0.25) is 0 Å².